The smallest absolute Gasteiger partial charge is 0.387 e. The predicted octanol–water partition coefficient (Wildman–Crippen LogP) is 3.22. The van der Waals surface area contributed by atoms with Gasteiger partial charge in [0.05, 0.1) is 28.9 Å². The minimum Gasteiger partial charge on any atom is -0.432 e. The molecule has 3 aromatic rings. The van der Waals surface area contributed by atoms with Gasteiger partial charge in [-0.25, -0.2) is 23.3 Å². The van der Waals surface area contributed by atoms with Gasteiger partial charge < -0.3 is 15.0 Å². The number of anilines is 2. The molecule has 2 aromatic heterocycles. The fourth-order valence-electron chi connectivity index (χ4n) is 7.50. The number of hydrogen-bond acceptors (Lipinski definition) is 9. The number of aromatic nitrogens is 4. The lowest BCUT2D eigenvalue weighted by Crippen LogP contribution is -2.61. The zero-order valence-corrected chi connectivity index (χ0v) is 27.1. The first kappa shape index (κ1) is 31.8. The van der Waals surface area contributed by atoms with Crippen molar-refractivity contribution in [1.29, 1.82) is 0 Å². The first-order valence-electron chi connectivity index (χ1n) is 16.1. The van der Waals surface area contributed by atoms with Gasteiger partial charge >= 0.3 is 12.6 Å². The molecule has 3 aliphatic heterocycles. The topological polar surface area (TPSA) is 138 Å². The van der Waals surface area contributed by atoms with E-state index in [0.29, 0.717) is 48.5 Å². The van der Waals surface area contributed by atoms with Crippen LogP contribution in [0.2, 0.25) is 0 Å². The first-order chi connectivity index (χ1) is 22.6. The van der Waals surface area contributed by atoms with Gasteiger partial charge in [0.2, 0.25) is 11.9 Å². The summed E-state index contributed by atoms with van der Waals surface area (Å²) in [5, 5.41) is 11.1. The minimum absolute atomic E-state index is 0.0802. The number of imide groups is 1. The molecule has 1 spiro atoms. The maximum Gasteiger partial charge on any atom is 0.387 e. The molecule has 4 aliphatic rings. The van der Waals surface area contributed by atoms with Crippen molar-refractivity contribution in [1.82, 2.24) is 34.3 Å². The van der Waals surface area contributed by atoms with Crippen LogP contribution in [0.15, 0.2) is 30.6 Å². The first-order valence-corrected chi connectivity index (χ1v) is 17.4. The van der Waals surface area contributed by atoms with Gasteiger partial charge in [-0.3, -0.25) is 19.7 Å². The zero-order chi connectivity index (χ0) is 32.7. The number of nitrogens with one attached hydrogen (secondary N) is 2. The van der Waals surface area contributed by atoms with Crippen molar-refractivity contribution in [2.24, 2.45) is 12.5 Å². The fraction of sp³-hybridized carbons (Fsp3) is 0.581. The van der Waals surface area contributed by atoms with Crippen molar-refractivity contribution in [3.05, 3.63) is 36.2 Å². The summed E-state index contributed by atoms with van der Waals surface area (Å²) in [6.07, 6.45) is 7.51. The molecule has 0 radical (unpaired) electrons. The number of carbonyl (C=O) groups is 2. The third-order valence-electron chi connectivity index (χ3n) is 9.84. The SMILES string of the molecule is Cn1nc(N2CCC(=O)NC2=O)c2ccc(C3CC4(C3)CN(CCCS(=O)N3CCC(Nc5ncc(OC(F)F)cn5)CC3)C4)cc21. The maximum absolute atomic E-state index is 13.0. The molecule has 3 saturated heterocycles. The van der Waals surface area contributed by atoms with Gasteiger partial charge in [0.15, 0.2) is 11.6 Å². The lowest BCUT2D eigenvalue weighted by molar-refractivity contribution is -0.120. The second kappa shape index (κ2) is 13.0. The Morgan fingerprint density at radius 1 is 1.13 bits per heavy atom. The van der Waals surface area contributed by atoms with E-state index in [-0.39, 0.29) is 24.1 Å². The molecule has 16 heteroatoms. The molecule has 47 heavy (non-hydrogen) atoms. The number of fused-ring (bicyclic) bond motifs is 1. The van der Waals surface area contributed by atoms with E-state index in [2.05, 4.69) is 53.5 Å². The van der Waals surface area contributed by atoms with Crippen LogP contribution in [0, 0.1) is 5.41 Å². The van der Waals surface area contributed by atoms with E-state index in [9.17, 15) is 22.6 Å². The van der Waals surface area contributed by atoms with Gasteiger partial charge in [-0.2, -0.15) is 13.9 Å². The van der Waals surface area contributed by atoms with Gasteiger partial charge in [0, 0.05) is 63.4 Å². The molecule has 1 saturated carbocycles. The van der Waals surface area contributed by atoms with Crippen LogP contribution in [0.4, 0.5) is 25.3 Å². The number of rotatable bonds is 11. The molecule has 252 valence electrons. The Kier molecular flexibility index (Phi) is 8.82. The normalized spacial score (nSPS) is 21.6. The molecule has 1 aliphatic carbocycles. The third kappa shape index (κ3) is 6.81. The highest BCUT2D eigenvalue weighted by molar-refractivity contribution is 7.82. The molecule has 4 fully saturated rings. The Morgan fingerprint density at radius 3 is 2.57 bits per heavy atom. The number of carbonyl (C=O) groups excluding carboxylic acids is 2. The van der Waals surface area contributed by atoms with Crippen molar-refractivity contribution >= 4 is 45.6 Å². The number of benzene rings is 1. The standard InChI is InChI=1S/C31H39F2N9O4S/c1-39-25-13-20(3-4-24(25)27(38-39)42-11-7-26(43)37-30(42)44)21-14-31(15-21)18-40(19-31)8-2-12-47(45)41-9-5-22(6-10-41)36-29-34-16-23(17-35-29)46-28(32)33/h3-4,13,16-17,21-22,28H,2,5-12,14-15,18-19H2,1H3,(H,34,35,36)(H,37,43,44). The Bertz CT molecular complexity index is 1650. The van der Waals surface area contributed by atoms with E-state index in [1.54, 1.807) is 4.90 Å². The summed E-state index contributed by atoms with van der Waals surface area (Å²) in [5.41, 5.74) is 2.66. The molecule has 3 amide bonds. The number of ether oxygens (including phenoxy) is 1. The van der Waals surface area contributed by atoms with Crippen molar-refractivity contribution in [2.75, 3.05) is 55.2 Å². The number of aryl methyl sites for hydroxylation is 1. The minimum atomic E-state index is -2.91. The zero-order valence-electron chi connectivity index (χ0n) is 26.2. The molecule has 1 unspecified atom stereocenters. The Balaban J connectivity index is 0.812. The summed E-state index contributed by atoms with van der Waals surface area (Å²) in [5.74, 6) is 1.77. The van der Waals surface area contributed by atoms with E-state index in [1.165, 1.54) is 18.0 Å². The van der Waals surface area contributed by atoms with Crippen molar-refractivity contribution < 1.29 is 27.3 Å². The Hall–Kier alpha value is -3.76. The number of nitrogens with zero attached hydrogens (tertiary/aromatic N) is 7. The van der Waals surface area contributed by atoms with Crippen LogP contribution in [-0.2, 0) is 22.8 Å². The number of urea groups is 1. The third-order valence-corrected chi connectivity index (χ3v) is 11.4. The summed E-state index contributed by atoms with van der Waals surface area (Å²) in [4.78, 5) is 36.1. The van der Waals surface area contributed by atoms with E-state index < -0.39 is 23.6 Å². The van der Waals surface area contributed by atoms with Crippen LogP contribution in [-0.4, -0.2) is 103 Å². The highest BCUT2D eigenvalue weighted by Crippen LogP contribution is 2.56. The monoisotopic (exact) mass is 671 g/mol. The number of likely N-dealkylation sites (tertiary alicyclic amines) is 1. The molecule has 13 nitrogen and oxygen atoms in total. The van der Waals surface area contributed by atoms with E-state index in [4.69, 9.17) is 0 Å². The molecule has 5 heterocycles. The van der Waals surface area contributed by atoms with Crippen LogP contribution in [0.25, 0.3) is 10.9 Å². The van der Waals surface area contributed by atoms with Gasteiger partial charge in [0.1, 0.15) is 0 Å². The number of hydrogen-bond donors (Lipinski definition) is 2. The second-order valence-corrected chi connectivity index (χ2v) is 14.7. The van der Waals surface area contributed by atoms with Crippen molar-refractivity contribution in [3.63, 3.8) is 0 Å². The number of alkyl halides is 2. The van der Waals surface area contributed by atoms with E-state index in [1.807, 2.05) is 16.0 Å². The maximum atomic E-state index is 13.0. The van der Waals surface area contributed by atoms with Crippen LogP contribution < -0.4 is 20.3 Å². The molecule has 1 aromatic carbocycles. The van der Waals surface area contributed by atoms with E-state index >= 15 is 0 Å². The van der Waals surface area contributed by atoms with Crippen LogP contribution in [0.3, 0.4) is 0 Å². The molecular weight excluding hydrogens is 632 g/mol. The van der Waals surface area contributed by atoms with Crippen molar-refractivity contribution in [3.8, 4) is 5.75 Å². The Morgan fingerprint density at radius 2 is 1.87 bits per heavy atom. The van der Waals surface area contributed by atoms with Crippen LogP contribution >= 0.6 is 0 Å². The average Bonchev–Trinajstić information content (AvgIpc) is 3.33. The summed E-state index contributed by atoms with van der Waals surface area (Å²) in [7, 11) is 0.873. The molecular formula is C31H39F2N9O4S. The average molecular weight is 672 g/mol. The predicted molar refractivity (Wildman–Crippen MR) is 172 cm³/mol. The van der Waals surface area contributed by atoms with Crippen LogP contribution in [0.1, 0.15) is 50.0 Å². The number of halogens is 2. The Labute approximate surface area is 273 Å². The van der Waals surface area contributed by atoms with Crippen LogP contribution in [0.5, 0.6) is 5.75 Å². The summed E-state index contributed by atoms with van der Waals surface area (Å²) >= 11 is 0. The number of piperidine rings is 1. The highest BCUT2D eigenvalue weighted by atomic mass is 32.2. The summed E-state index contributed by atoms with van der Waals surface area (Å²) < 4.78 is 45.7. The fourth-order valence-corrected chi connectivity index (χ4v) is 8.75. The summed E-state index contributed by atoms with van der Waals surface area (Å²) in [6, 6.07) is 6.11. The summed E-state index contributed by atoms with van der Waals surface area (Å²) in [6.45, 7) is 1.98. The number of amides is 3. The lowest BCUT2D eigenvalue weighted by Gasteiger charge is -2.59. The lowest BCUT2D eigenvalue weighted by atomic mass is 9.56. The van der Waals surface area contributed by atoms with E-state index in [0.717, 1.165) is 62.6 Å². The second-order valence-electron chi connectivity index (χ2n) is 13.1. The quantitative estimate of drug-likeness (QED) is 0.315. The van der Waals surface area contributed by atoms with Crippen molar-refractivity contribution in [2.45, 2.75) is 57.1 Å². The highest BCUT2D eigenvalue weighted by Gasteiger charge is 2.52. The molecule has 1 atom stereocenters. The van der Waals surface area contributed by atoms with Gasteiger partial charge in [-0.1, -0.05) is 6.07 Å². The largest absolute Gasteiger partial charge is 0.432 e. The van der Waals surface area contributed by atoms with Gasteiger partial charge in [0.25, 0.3) is 0 Å². The molecule has 0 bridgehead atoms. The van der Waals surface area contributed by atoms with Gasteiger partial charge in [-0.05, 0) is 67.7 Å². The molecule has 7 rings (SSSR count). The van der Waals surface area contributed by atoms with Gasteiger partial charge in [-0.15, -0.1) is 0 Å². The molecule has 2 N–H and O–H groups in total.